The van der Waals surface area contributed by atoms with Crippen LogP contribution in [0.25, 0.3) is 0 Å². The van der Waals surface area contributed by atoms with E-state index < -0.39 is 5.97 Å². The van der Waals surface area contributed by atoms with E-state index in [4.69, 9.17) is 10.9 Å². The standard InChI is InChI=1S/C49H102N4O2/c50-52-53-51-48-46-44-42-40-38-36-34-32-30-28-26-24-22-20-18-16-14-12-10-8-6-4-2-1-3-5-7-9-11-13-15-17-19-21-23-25-27-29-31-33-35-37-39-41-43-45-47-49(54)55/h51-53H,1-48,50H2,(H,54,55). The van der Waals surface area contributed by atoms with Gasteiger partial charge in [-0.3, -0.25) is 10.6 Å². The Labute approximate surface area is 345 Å². The molecule has 0 aliphatic rings. The maximum Gasteiger partial charge on any atom is 0.303 e. The third-order valence-corrected chi connectivity index (χ3v) is 12.1. The Morgan fingerprint density at radius 3 is 0.618 bits per heavy atom. The minimum atomic E-state index is -0.648. The van der Waals surface area contributed by atoms with E-state index >= 15 is 0 Å². The van der Waals surface area contributed by atoms with Gasteiger partial charge >= 0.3 is 5.97 Å². The lowest BCUT2D eigenvalue weighted by atomic mass is 10.0. The van der Waals surface area contributed by atoms with Crippen molar-refractivity contribution >= 4 is 5.97 Å². The van der Waals surface area contributed by atoms with Gasteiger partial charge in [0, 0.05) is 13.0 Å². The second-order valence-corrected chi connectivity index (χ2v) is 17.6. The molecule has 6 N–H and O–H groups in total. The van der Waals surface area contributed by atoms with Gasteiger partial charge in [-0.2, -0.15) is 11.1 Å². The molecule has 0 aromatic rings. The van der Waals surface area contributed by atoms with Crippen LogP contribution in [0.3, 0.4) is 0 Å². The van der Waals surface area contributed by atoms with Gasteiger partial charge in [0.2, 0.25) is 0 Å². The maximum absolute atomic E-state index is 10.5. The van der Waals surface area contributed by atoms with Crippen LogP contribution >= 0.6 is 0 Å². The summed E-state index contributed by atoms with van der Waals surface area (Å²) in [5.41, 5.74) is 8.12. The normalized spacial score (nSPS) is 11.6. The molecule has 0 bridgehead atoms. The van der Waals surface area contributed by atoms with Gasteiger partial charge in [-0.25, -0.2) is 5.43 Å². The van der Waals surface area contributed by atoms with Crippen molar-refractivity contribution in [2.75, 3.05) is 6.54 Å². The lowest BCUT2D eigenvalue weighted by molar-refractivity contribution is -0.137. The van der Waals surface area contributed by atoms with E-state index in [-0.39, 0.29) is 0 Å². The van der Waals surface area contributed by atoms with Crippen LogP contribution in [0.5, 0.6) is 0 Å². The van der Waals surface area contributed by atoms with E-state index in [1.165, 1.54) is 283 Å². The molecule has 55 heavy (non-hydrogen) atoms. The number of unbranched alkanes of at least 4 members (excludes halogenated alkanes) is 45. The maximum atomic E-state index is 10.5. The zero-order chi connectivity index (χ0) is 39.6. The summed E-state index contributed by atoms with van der Waals surface area (Å²) in [5, 5.41) is 8.66. The zero-order valence-corrected chi connectivity index (χ0v) is 37.4. The number of carbonyl (C=O) groups is 1. The van der Waals surface area contributed by atoms with Gasteiger partial charge in [-0.15, -0.1) is 0 Å². The van der Waals surface area contributed by atoms with Gasteiger partial charge in [0.05, 0.1) is 0 Å². The number of carboxylic acids is 1. The van der Waals surface area contributed by atoms with Crippen LogP contribution in [0.4, 0.5) is 0 Å². The Kier molecular flexibility index (Phi) is 50.7. The highest BCUT2D eigenvalue weighted by atomic mass is 16.4. The van der Waals surface area contributed by atoms with Gasteiger partial charge in [0.15, 0.2) is 0 Å². The first kappa shape index (κ1) is 54.3. The fourth-order valence-electron chi connectivity index (χ4n) is 8.38. The summed E-state index contributed by atoms with van der Waals surface area (Å²) < 4.78 is 0. The van der Waals surface area contributed by atoms with Crippen LogP contribution in [0.15, 0.2) is 0 Å². The van der Waals surface area contributed by atoms with Crippen molar-refractivity contribution in [2.24, 2.45) is 5.84 Å². The molecule has 0 atom stereocenters. The SMILES string of the molecule is NNNNCCCCCCCCCCCCCCCCCCCCCCCCCCCCCCCCCCCCCCCCCCCCCCCCC(=O)O. The smallest absolute Gasteiger partial charge is 0.303 e. The summed E-state index contributed by atoms with van der Waals surface area (Å²) in [7, 11) is 0. The molecule has 330 valence electrons. The number of aliphatic carboxylic acids is 1. The molecule has 0 aliphatic carbocycles. The number of hydrazine groups is 3. The molecule has 0 spiro atoms. The Hall–Kier alpha value is -0.690. The molecule has 0 heterocycles. The molecule has 0 amide bonds. The van der Waals surface area contributed by atoms with E-state index in [0.717, 1.165) is 19.4 Å². The molecule has 0 saturated carbocycles. The van der Waals surface area contributed by atoms with Gasteiger partial charge in [0.1, 0.15) is 0 Å². The minimum Gasteiger partial charge on any atom is -0.481 e. The molecular weight excluding hydrogens is 677 g/mol. The summed E-state index contributed by atoms with van der Waals surface area (Å²) in [6.45, 7) is 0.972. The van der Waals surface area contributed by atoms with E-state index in [1.54, 1.807) is 0 Å². The van der Waals surface area contributed by atoms with Crippen molar-refractivity contribution in [3.8, 4) is 0 Å². The number of rotatable bonds is 51. The number of nitrogens with one attached hydrogen (secondary N) is 3. The molecule has 0 aromatic carbocycles. The first-order valence-corrected chi connectivity index (χ1v) is 25.4. The summed E-state index contributed by atoms with van der Waals surface area (Å²) in [4.78, 5) is 10.5. The second kappa shape index (κ2) is 51.3. The van der Waals surface area contributed by atoms with E-state index in [1.807, 2.05) is 0 Å². The molecule has 0 aromatic heterocycles. The summed E-state index contributed by atoms with van der Waals surface area (Å²) in [6, 6.07) is 0. The average Bonchev–Trinajstić information content (AvgIpc) is 3.18. The third kappa shape index (κ3) is 53.3. The molecule has 6 nitrogen and oxygen atoms in total. The van der Waals surface area contributed by atoms with Gasteiger partial charge in [-0.05, 0) is 12.8 Å². The minimum absolute atomic E-state index is 0.345. The highest BCUT2D eigenvalue weighted by Gasteiger charge is 2.00. The number of carboxylic acid groups (broad SMARTS) is 1. The first-order chi connectivity index (χ1) is 27.3. The number of nitrogens with two attached hydrogens (primary N) is 1. The van der Waals surface area contributed by atoms with Crippen molar-refractivity contribution in [3.63, 3.8) is 0 Å². The Balaban J connectivity index is 3.06. The van der Waals surface area contributed by atoms with Crippen molar-refractivity contribution in [2.45, 2.75) is 302 Å². The predicted molar refractivity (Wildman–Crippen MR) is 243 cm³/mol. The van der Waals surface area contributed by atoms with Crippen LogP contribution in [-0.2, 0) is 4.79 Å². The summed E-state index contributed by atoms with van der Waals surface area (Å²) in [6.07, 6.45) is 65.4. The molecule has 6 heteroatoms. The lowest BCUT2D eigenvalue weighted by Gasteiger charge is -2.05. The molecule has 0 radical (unpaired) electrons. The van der Waals surface area contributed by atoms with Crippen LogP contribution < -0.4 is 22.3 Å². The number of hydrogen-bond acceptors (Lipinski definition) is 5. The van der Waals surface area contributed by atoms with Crippen molar-refractivity contribution in [3.05, 3.63) is 0 Å². The molecule has 0 aliphatic heterocycles. The van der Waals surface area contributed by atoms with Crippen LogP contribution in [0.2, 0.25) is 0 Å². The van der Waals surface area contributed by atoms with Crippen molar-refractivity contribution in [1.82, 2.24) is 16.5 Å². The van der Waals surface area contributed by atoms with Crippen molar-refractivity contribution in [1.29, 1.82) is 0 Å². The monoisotopic (exact) mass is 779 g/mol. The van der Waals surface area contributed by atoms with E-state index in [9.17, 15) is 4.79 Å². The van der Waals surface area contributed by atoms with Crippen LogP contribution in [0.1, 0.15) is 302 Å². The van der Waals surface area contributed by atoms with Crippen molar-refractivity contribution < 1.29 is 9.90 Å². The third-order valence-electron chi connectivity index (χ3n) is 12.1. The molecule has 0 saturated heterocycles. The molecule has 0 unspecified atom stereocenters. The van der Waals surface area contributed by atoms with Crippen LogP contribution in [-0.4, -0.2) is 17.6 Å². The second-order valence-electron chi connectivity index (χ2n) is 17.6. The largest absolute Gasteiger partial charge is 0.481 e. The van der Waals surface area contributed by atoms with Crippen LogP contribution in [0, 0.1) is 0 Å². The first-order valence-electron chi connectivity index (χ1n) is 25.4. The molecule has 0 fully saturated rings. The van der Waals surface area contributed by atoms with E-state index in [0.29, 0.717) is 6.42 Å². The quantitative estimate of drug-likeness (QED) is 0.0240. The highest BCUT2D eigenvalue weighted by molar-refractivity contribution is 5.66. The number of hydrogen-bond donors (Lipinski definition) is 5. The predicted octanol–water partition coefficient (Wildman–Crippen LogP) is 15.9. The fraction of sp³-hybridized carbons (Fsp3) is 0.980. The lowest BCUT2D eigenvalue weighted by Crippen LogP contribution is -2.47. The summed E-state index contributed by atoms with van der Waals surface area (Å²) >= 11 is 0. The Morgan fingerprint density at radius 1 is 0.291 bits per heavy atom. The highest BCUT2D eigenvalue weighted by Crippen LogP contribution is 2.18. The summed E-state index contributed by atoms with van der Waals surface area (Å²) in [5.74, 6) is 4.49. The Bertz CT molecular complexity index is 694. The molecule has 0 rings (SSSR count). The zero-order valence-electron chi connectivity index (χ0n) is 37.4. The van der Waals surface area contributed by atoms with Gasteiger partial charge in [0.25, 0.3) is 0 Å². The topological polar surface area (TPSA) is 99.4 Å². The van der Waals surface area contributed by atoms with Gasteiger partial charge in [-0.1, -0.05) is 283 Å². The van der Waals surface area contributed by atoms with Gasteiger partial charge < -0.3 is 5.11 Å². The Morgan fingerprint density at radius 2 is 0.455 bits per heavy atom. The fourth-order valence-corrected chi connectivity index (χ4v) is 8.38. The molecular formula is C49H102N4O2. The van der Waals surface area contributed by atoms with E-state index in [2.05, 4.69) is 16.5 Å². The average molecular weight is 779 g/mol.